The first-order valence-corrected chi connectivity index (χ1v) is 8.55. The number of fused-ring (bicyclic) bond motifs is 2. The third-order valence-corrected chi connectivity index (χ3v) is 4.17. The zero-order chi connectivity index (χ0) is 17.9. The second kappa shape index (κ2) is 7.17. The van der Waals surface area contributed by atoms with Crippen LogP contribution in [-0.2, 0) is 4.79 Å². The Balaban J connectivity index is 1.46. The maximum absolute atomic E-state index is 12.2. The van der Waals surface area contributed by atoms with E-state index in [4.69, 9.17) is 30.5 Å². The van der Waals surface area contributed by atoms with Crippen LogP contribution in [0.4, 0.5) is 5.69 Å². The van der Waals surface area contributed by atoms with Crippen molar-refractivity contribution >= 4 is 29.3 Å². The van der Waals surface area contributed by atoms with Gasteiger partial charge in [-0.3, -0.25) is 4.79 Å². The number of carbonyl (C=O) groups is 1. The fourth-order valence-corrected chi connectivity index (χ4v) is 2.95. The number of halogens is 1. The molecular weight excluding hydrogens is 358 g/mol. The first-order valence-electron chi connectivity index (χ1n) is 8.17. The molecule has 0 atom stereocenters. The minimum Gasteiger partial charge on any atom is -0.489 e. The summed E-state index contributed by atoms with van der Waals surface area (Å²) in [7, 11) is 0. The summed E-state index contributed by atoms with van der Waals surface area (Å²) in [6, 6.07) is 8.77. The second-order valence-corrected chi connectivity index (χ2v) is 6.18. The SMILES string of the molecule is O=C(/C=C/c1cc(Cl)c2c(c1)OCCCO2)Nc1ccc2c(c1)OCO2. The van der Waals surface area contributed by atoms with Gasteiger partial charge in [0.25, 0.3) is 0 Å². The van der Waals surface area contributed by atoms with Crippen LogP contribution < -0.4 is 24.3 Å². The van der Waals surface area contributed by atoms with Crippen molar-refractivity contribution in [1.29, 1.82) is 0 Å². The number of benzene rings is 2. The van der Waals surface area contributed by atoms with E-state index in [2.05, 4.69) is 5.32 Å². The maximum atomic E-state index is 12.2. The fourth-order valence-electron chi connectivity index (χ4n) is 2.68. The largest absolute Gasteiger partial charge is 0.489 e. The molecule has 4 rings (SSSR count). The van der Waals surface area contributed by atoms with Crippen LogP contribution in [0.15, 0.2) is 36.4 Å². The number of hydrogen-bond donors (Lipinski definition) is 1. The predicted octanol–water partition coefficient (Wildman–Crippen LogP) is 3.88. The van der Waals surface area contributed by atoms with Gasteiger partial charge in [0, 0.05) is 24.3 Å². The van der Waals surface area contributed by atoms with Crippen molar-refractivity contribution in [2.75, 3.05) is 25.3 Å². The van der Waals surface area contributed by atoms with Gasteiger partial charge >= 0.3 is 0 Å². The molecule has 0 fully saturated rings. The van der Waals surface area contributed by atoms with Gasteiger partial charge in [-0.1, -0.05) is 11.6 Å². The summed E-state index contributed by atoms with van der Waals surface area (Å²) < 4.78 is 21.8. The Hall–Kier alpha value is -2.86. The molecule has 0 aromatic heterocycles. The van der Waals surface area contributed by atoms with E-state index < -0.39 is 0 Å². The third kappa shape index (κ3) is 3.55. The molecule has 0 unspecified atom stereocenters. The lowest BCUT2D eigenvalue weighted by atomic mass is 10.2. The summed E-state index contributed by atoms with van der Waals surface area (Å²) in [6.45, 7) is 1.33. The molecular formula is C19H16ClNO5. The monoisotopic (exact) mass is 373 g/mol. The van der Waals surface area contributed by atoms with Crippen LogP contribution in [0.25, 0.3) is 6.08 Å². The first-order chi connectivity index (χ1) is 12.7. The van der Waals surface area contributed by atoms with Crippen molar-refractivity contribution in [3.63, 3.8) is 0 Å². The van der Waals surface area contributed by atoms with E-state index in [1.807, 2.05) is 0 Å². The van der Waals surface area contributed by atoms with Crippen molar-refractivity contribution < 1.29 is 23.7 Å². The van der Waals surface area contributed by atoms with Crippen LogP contribution in [0.1, 0.15) is 12.0 Å². The van der Waals surface area contributed by atoms with Crippen LogP contribution in [-0.4, -0.2) is 25.9 Å². The van der Waals surface area contributed by atoms with Gasteiger partial charge in [0.1, 0.15) is 0 Å². The van der Waals surface area contributed by atoms with Crippen LogP contribution in [0, 0.1) is 0 Å². The summed E-state index contributed by atoms with van der Waals surface area (Å²) in [5.74, 6) is 2.14. The van der Waals surface area contributed by atoms with Gasteiger partial charge in [-0.15, -0.1) is 0 Å². The lowest BCUT2D eigenvalue weighted by Crippen LogP contribution is -2.07. The minimum atomic E-state index is -0.271. The molecule has 0 bridgehead atoms. The molecule has 1 amide bonds. The minimum absolute atomic E-state index is 0.192. The Kier molecular flexibility index (Phi) is 4.58. The van der Waals surface area contributed by atoms with E-state index in [0.29, 0.717) is 46.9 Å². The van der Waals surface area contributed by atoms with E-state index in [0.717, 1.165) is 12.0 Å². The quantitative estimate of drug-likeness (QED) is 0.827. The number of amides is 1. The highest BCUT2D eigenvalue weighted by Gasteiger charge is 2.15. The molecule has 2 heterocycles. The zero-order valence-electron chi connectivity index (χ0n) is 13.8. The molecule has 0 saturated heterocycles. The van der Waals surface area contributed by atoms with E-state index >= 15 is 0 Å². The molecule has 2 aliphatic heterocycles. The molecule has 2 aromatic rings. The molecule has 7 heteroatoms. The average Bonchev–Trinajstić information content (AvgIpc) is 2.96. The normalized spacial score (nSPS) is 15.0. The maximum Gasteiger partial charge on any atom is 0.248 e. The van der Waals surface area contributed by atoms with Crippen LogP contribution in [0.3, 0.4) is 0 Å². The number of nitrogens with one attached hydrogen (secondary N) is 1. The number of rotatable bonds is 3. The average molecular weight is 374 g/mol. The van der Waals surface area contributed by atoms with E-state index in [1.54, 1.807) is 36.4 Å². The van der Waals surface area contributed by atoms with Gasteiger partial charge in [0.05, 0.1) is 18.2 Å². The van der Waals surface area contributed by atoms with E-state index in [9.17, 15) is 4.79 Å². The molecule has 1 N–H and O–H groups in total. The summed E-state index contributed by atoms with van der Waals surface area (Å²) in [5, 5.41) is 3.24. The van der Waals surface area contributed by atoms with Crippen LogP contribution in [0.2, 0.25) is 5.02 Å². The van der Waals surface area contributed by atoms with Gasteiger partial charge in [-0.25, -0.2) is 0 Å². The van der Waals surface area contributed by atoms with Crippen LogP contribution >= 0.6 is 11.6 Å². The summed E-state index contributed by atoms with van der Waals surface area (Å²) >= 11 is 6.25. The topological polar surface area (TPSA) is 66.0 Å². The molecule has 0 spiro atoms. The Morgan fingerprint density at radius 3 is 2.77 bits per heavy atom. The van der Waals surface area contributed by atoms with E-state index in [-0.39, 0.29) is 12.7 Å². The standard InChI is InChI=1S/C19H16ClNO5/c20-14-8-12(9-17-19(14)24-7-1-6-23-17)2-5-18(22)21-13-3-4-15-16(10-13)26-11-25-15/h2-5,8-10H,1,6-7,11H2,(H,21,22)/b5-2+. The summed E-state index contributed by atoms with van der Waals surface area (Å²) in [5.41, 5.74) is 1.38. The van der Waals surface area contributed by atoms with Crippen molar-refractivity contribution in [2.45, 2.75) is 6.42 Å². The van der Waals surface area contributed by atoms with Gasteiger partial charge < -0.3 is 24.3 Å². The summed E-state index contributed by atoms with van der Waals surface area (Å²) in [4.78, 5) is 12.2. The third-order valence-electron chi connectivity index (χ3n) is 3.89. The predicted molar refractivity (Wildman–Crippen MR) is 97.3 cm³/mol. The lowest BCUT2D eigenvalue weighted by Gasteiger charge is -2.10. The van der Waals surface area contributed by atoms with Crippen molar-refractivity contribution in [2.24, 2.45) is 0 Å². The van der Waals surface area contributed by atoms with Crippen LogP contribution in [0.5, 0.6) is 23.0 Å². The van der Waals surface area contributed by atoms with Crippen molar-refractivity contribution in [3.8, 4) is 23.0 Å². The number of anilines is 1. The van der Waals surface area contributed by atoms with Crippen molar-refractivity contribution in [1.82, 2.24) is 0 Å². The van der Waals surface area contributed by atoms with E-state index in [1.165, 1.54) is 6.08 Å². The number of hydrogen-bond acceptors (Lipinski definition) is 5. The Morgan fingerprint density at radius 1 is 1.00 bits per heavy atom. The smallest absolute Gasteiger partial charge is 0.248 e. The Bertz CT molecular complexity index is 880. The molecule has 2 aliphatic rings. The lowest BCUT2D eigenvalue weighted by molar-refractivity contribution is -0.111. The van der Waals surface area contributed by atoms with Gasteiger partial charge in [-0.2, -0.15) is 0 Å². The highest BCUT2D eigenvalue weighted by atomic mass is 35.5. The van der Waals surface area contributed by atoms with Gasteiger partial charge in [0.2, 0.25) is 12.7 Å². The molecule has 0 saturated carbocycles. The molecule has 26 heavy (non-hydrogen) atoms. The Labute approximate surface area is 155 Å². The van der Waals surface area contributed by atoms with Gasteiger partial charge in [-0.05, 0) is 35.9 Å². The number of ether oxygens (including phenoxy) is 4. The molecule has 134 valence electrons. The highest BCUT2D eigenvalue weighted by molar-refractivity contribution is 6.32. The highest BCUT2D eigenvalue weighted by Crippen LogP contribution is 2.38. The first kappa shape index (κ1) is 16.6. The fraction of sp³-hybridized carbons (Fsp3) is 0.211. The molecule has 2 aromatic carbocycles. The van der Waals surface area contributed by atoms with Gasteiger partial charge in [0.15, 0.2) is 23.0 Å². The zero-order valence-corrected chi connectivity index (χ0v) is 14.5. The van der Waals surface area contributed by atoms with Crippen molar-refractivity contribution in [3.05, 3.63) is 47.0 Å². The second-order valence-electron chi connectivity index (χ2n) is 5.77. The molecule has 0 radical (unpaired) electrons. The Morgan fingerprint density at radius 2 is 1.85 bits per heavy atom. The summed E-state index contributed by atoms with van der Waals surface area (Å²) in [6.07, 6.45) is 3.90. The molecule has 0 aliphatic carbocycles. The molecule has 6 nitrogen and oxygen atoms in total. The number of carbonyl (C=O) groups excluding carboxylic acids is 1.